The number of para-hydroxylation sites is 1. The summed E-state index contributed by atoms with van der Waals surface area (Å²) >= 11 is 1.67. The number of rotatable bonds is 1. The van der Waals surface area contributed by atoms with Gasteiger partial charge in [-0.15, -0.1) is 0 Å². The predicted octanol–water partition coefficient (Wildman–Crippen LogP) is 4.71. The van der Waals surface area contributed by atoms with Crippen molar-refractivity contribution in [3.8, 4) is 11.3 Å². The molecule has 0 spiro atoms. The lowest BCUT2D eigenvalue weighted by molar-refractivity contribution is 0.668. The minimum absolute atomic E-state index is 0.896. The van der Waals surface area contributed by atoms with E-state index in [0.717, 1.165) is 33.2 Å². The average Bonchev–Trinajstić information content (AvgIpc) is 3.05. The van der Waals surface area contributed by atoms with E-state index >= 15 is 0 Å². The predicted molar refractivity (Wildman–Crippen MR) is 74.8 cm³/mol. The number of benzene rings is 1. The molecule has 0 atom stereocenters. The molecule has 4 aromatic rings. The van der Waals surface area contributed by atoms with Crippen molar-refractivity contribution < 1.29 is 4.42 Å². The quantitative estimate of drug-likeness (QED) is 0.489. The van der Waals surface area contributed by atoms with Crippen LogP contribution in [0.4, 0.5) is 0 Å². The Labute approximate surface area is 108 Å². The second-order valence-corrected chi connectivity index (χ2v) is 4.96. The van der Waals surface area contributed by atoms with Crippen molar-refractivity contribution in [3.05, 3.63) is 53.4 Å². The van der Waals surface area contributed by atoms with Crippen LogP contribution < -0.4 is 0 Å². The van der Waals surface area contributed by atoms with Crippen LogP contribution in [-0.4, -0.2) is 4.98 Å². The van der Waals surface area contributed by atoms with E-state index in [1.165, 1.54) is 0 Å². The van der Waals surface area contributed by atoms with E-state index in [4.69, 9.17) is 4.42 Å². The maximum Gasteiger partial charge on any atom is 0.139 e. The van der Waals surface area contributed by atoms with Crippen molar-refractivity contribution in [3.63, 3.8) is 0 Å². The van der Waals surface area contributed by atoms with Crippen LogP contribution in [0.5, 0.6) is 0 Å². The van der Waals surface area contributed by atoms with Crippen LogP contribution in [0, 0.1) is 0 Å². The normalized spacial score (nSPS) is 11.3. The molecule has 18 heavy (non-hydrogen) atoms. The molecule has 0 unspecified atom stereocenters. The lowest BCUT2D eigenvalue weighted by Gasteiger charge is -1.95. The molecular weight excluding hydrogens is 242 g/mol. The van der Waals surface area contributed by atoms with Gasteiger partial charge in [-0.2, -0.15) is 11.3 Å². The zero-order valence-corrected chi connectivity index (χ0v) is 10.3. The van der Waals surface area contributed by atoms with Gasteiger partial charge in [0.25, 0.3) is 0 Å². The fraction of sp³-hybridized carbons (Fsp3) is 0. The van der Waals surface area contributed by atoms with E-state index in [9.17, 15) is 0 Å². The molecule has 0 aliphatic carbocycles. The first-order valence-corrected chi connectivity index (χ1v) is 6.66. The van der Waals surface area contributed by atoms with Gasteiger partial charge in [0.05, 0.1) is 5.69 Å². The summed E-state index contributed by atoms with van der Waals surface area (Å²) in [5, 5.41) is 6.35. The first-order valence-electron chi connectivity index (χ1n) is 5.72. The van der Waals surface area contributed by atoms with Gasteiger partial charge in [0, 0.05) is 34.0 Å². The molecule has 0 amide bonds. The number of fused-ring (bicyclic) bond motifs is 3. The number of aromatic nitrogens is 1. The third-order valence-electron chi connectivity index (χ3n) is 3.08. The molecule has 0 fully saturated rings. The molecule has 1 aromatic carbocycles. The van der Waals surface area contributed by atoms with Gasteiger partial charge in [-0.1, -0.05) is 18.2 Å². The minimum Gasteiger partial charge on any atom is -0.456 e. The zero-order chi connectivity index (χ0) is 11.9. The van der Waals surface area contributed by atoms with Crippen LogP contribution in [0.2, 0.25) is 0 Å². The van der Waals surface area contributed by atoms with Gasteiger partial charge >= 0.3 is 0 Å². The lowest BCUT2D eigenvalue weighted by Crippen LogP contribution is -1.79. The summed E-state index contributed by atoms with van der Waals surface area (Å²) in [7, 11) is 0. The molecule has 0 saturated heterocycles. The molecule has 0 saturated carbocycles. The Balaban J connectivity index is 2.04. The molecule has 0 aliphatic rings. The van der Waals surface area contributed by atoms with Crippen LogP contribution in [0.3, 0.4) is 0 Å². The summed E-state index contributed by atoms with van der Waals surface area (Å²) in [6.07, 6.45) is 1.90. The molecule has 4 rings (SSSR count). The molecule has 86 valence electrons. The van der Waals surface area contributed by atoms with Crippen molar-refractivity contribution in [1.29, 1.82) is 0 Å². The third kappa shape index (κ3) is 1.38. The maximum absolute atomic E-state index is 5.85. The Hall–Kier alpha value is -2.13. The van der Waals surface area contributed by atoms with E-state index in [2.05, 4.69) is 27.9 Å². The minimum atomic E-state index is 0.896. The van der Waals surface area contributed by atoms with Gasteiger partial charge < -0.3 is 4.42 Å². The van der Waals surface area contributed by atoms with Crippen LogP contribution >= 0.6 is 11.3 Å². The van der Waals surface area contributed by atoms with E-state index in [1.807, 2.05) is 30.5 Å². The number of thiophene rings is 1. The van der Waals surface area contributed by atoms with Crippen LogP contribution in [0.25, 0.3) is 33.2 Å². The molecule has 3 aromatic heterocycles. The highest BCUT2D eigenvalue weighted by molar-refractivity contribution is 7.08. The number of nitrogens with zero attached hydrogens (tertiary/aromatic N) is 1. The van der Waals surface area contributed by atoms with Crippen LogP contribution in [-0.2, 0) is 0 Å². The Morgan fingerprint density at radius 2 is 1.94 bits per heavy atom. The maximum atomic E-state index is 5.85. The van der Waals surface area contributed by atoms with Crippen molar-refractivity contribution in [2.24, 2.45) is 0 Å². The van der Waals surface area contributed by atoms with Crippen LogP contribution in [0.1, 0.15) is 0 Å². The van der Waals surface area contributed by atoms with Gasteiger partial charge in [0.1, 0.15) is 11.2 Å². The number of hydrogen-bond acceptors (Lipinski definition) is 3. The Kier molecular flexibility index (Phi) is 2.02. The average molecular weight is 251 g/mol. The third-order valence-corrected chi connectivity index (χ3v) is 3.76. The summed E-state index contributed by atoms with van der Waals surface area (Å²) in [4.78, 5) is 4.52. The van der Waals surface area contributed by atoms with Crippen molar-refractivity contribution in [1.82, 2.24) is 4.98 Å². The first kappa shape index (κ1) is 9.85. The molecule has 3 heterocycles. The standard InChI is InChI=1S/C15H9NOS/c1-2-4-14-11(3-1)12-8-16-13(7-15(12)17-14)10-5-6-18-9-10/h1-9H. The molecule has 3 heteroatoms. The molecular formula is C15H9NOS. The highest BCUT2D eigenvalue weighted by Gasteiger charge is 2.08. The van der Waals surface area contributed by atoms with E-state index in [1.54, 1.807) is 11.3 Å². The lowest BCUT2D eigenvalue weighted by atomic mass is 10.1. The number of pyridine rings is 1. The molecule has 0 N–H and O–H groups in total. The molecule has 0 radical (unpaired) electrons. The van der Waals surface area contributed by atoms with Crippen molar-refractivity contribution in [2.45, 2.75) is 0 Å². The van der Waals surface area contributed by atoms with Gasteiger partial charge in [0.15, 0.2) is 0 Å². The van der Waals surface area contributed by atoms with Gasteiger partial charge in [-0.05, 0) is 17.5 Å². The van der Waals surface area contributed by atoms with E-state index in [0.29, 0.717) is 0 Å². The first-order chi connectivity index (χ1) is 8.92. The topological polar surface area (TPSA) is 26.0 Å². The summed E-state index contributed by atoms with van der Waals surface area (Å²) in [6, 6.07) is 12.1. The largest absolute Gasteiger partial charge is 0.456 e. The Bertz CT molecular complexity index is 830. The Morgan fingerprint density at radius 3 is 2.83 bits per heavy atom. The molecule has 0 bridgehead atoms. The molecule has 0 aliphatic heterocycles. The number of furan rings is 1. The number of hydrogen-bond donors (Lipinski definition) is 0. The molecule has 2 nitrogen and oxygen atoms in total. The summed E-state index contributed by atoms with van der Waals surface area (Å²) in [5.74, 6) is 0. The highest BCUT2D eigenvalue weighted by atomic mass is 32.1. The van der Waals surface area contributed by atoms with Gasteiger partial charge in [-0.3, -0.25) is 4.98 Å². The summed E-state index contributed by atoms with van der Waals surface area (Å²) in [6.45, 7) is 0. The van der Waals surface area contributed by atoms with E-state index in [-0.39, 0.29) is 0 Å². The second kappa shape index (κ2) is 3.68. The zero-order valence-electron chi connectivity index (χ0n) is 9.46. The smallest absolute Gasteiger partial charge is 0.139 e. The van der Waals surface area contributed by atoms with Crippen LogP contribution in [0.15, 0.2) is 57.8 Å². The highest BCUT2D eigenvalue weighted by Crippen LogP contribution is 2.30. The fourth-order valence-corrected chi connectivity index (χ4v) is 2.84. The summed E-state index contributed by atoms with van der Waals surface area (Å²) in [5.41, 5.74) is 3.91. The van der Waals surface area contributed by atoms with Gasteiger partial charge in [0.2, 0.25) is 0 Å². The second-order valence-electron chi connectivity index (χ2n) is 4.18. The SMILES string of the molecule is c1ccc2c(c1)oc1cc(-c3ccsc3)ncc12. The van der Waals surface area contributed by atoms with Crippen molar-refractivity contribution >= 4 is 33.3 Å². The fourth-order valence-electron chi connectivity index (χ4n) is 2.19. The van der Waals surface area contributed by atoms with Gasteiger partial charge in [-0.25, -0.2) is 0 Å². The Morgan fingerprint density at radius 1 is 1.00 bits per heavy atom. The van der Waals surface area contributed by atoms with E-state index < -0.39 is 0 Å². The monoisotopic (exact) mass is 251 g/mol. The van der Waals surface area contributed by atoms with Crippen molar-refractivity contribution in [2.75, 3.05) is 0 Å². The summed E-state index contributed by atoms with van der Waals surface area (Å²) < 4.78 is 5.85.